The van der Waals surface area contributed by atoms with Crippen molar-refractivity contribution in [2.24, 2.45) is 0 Å². The van der Waals surface area contributed by atoms with Crippen LogP contribution in [0.1, 0.15) is 32.6 Å². The van der Waals surface area contributed by atoms with Crippen LogP contribution in [0.25, 0.3) is 10.9 Å². The Balaban J connectivity index is 1.90. The van der Waals surface area contributed by atoms with Crippen molar-refractivity contribution in [1.82, 2.24) is 4.98 Å². The van der Waals surface area contributed by atoms with E-state index >= 15 is 0 Å². The van der Waals surface area contributed by atoms with Gasteiger partial charge in [0.15, 0.2) is 0 Å². The van der Waals surface area contributed by atoms with Crippen molar-refractivity contribution < 1.29 is 9.53 Å². The highest BCUT2D eigenvalue weighted by atomic mass is 16.5. The number of pyridine rings is 1. The molecule has 1 heterocycles. The molecule has 0 aliphatic rings. The van der Waals surface area contributed by atoms with Gasteiger partial charge in [-0.3, -0.25) is 10.3 Å². The second kappa shape index (κ2) is 7.48. The molecule has 20 heavy (non-hydrogen) atoms. The molecule has 0 aliphatic heterocycles. The summed E-state index contributed by atoms with van der Waals surface area (Å²) in [6.45, 7) is 2.62. The molecule has 0 saturated carbocycles. The third-order valence-electron chi connectivity index (χ3n) is 3.10. The van der Waals surface area contributed by atoms with Gasteiger partial charge in [0.2, 0.25) is 0 Å². The zero-order valence-electron chi connectivity index (χ0n) is 11.8. The van der Waals surface area contributed by atoms with E-state index in [0.29, 0.717) is 12.3 Å². The number of benzene rings is 1. The lowest BCUT2D eigenvalue weighted by molar-refractivity contribution is 0.159. The van der Waals surface area contributed by atoms with E-state index in [1.807, 2.05) is 30.3 Å². The van der Waals surface area contributed by atoms with Crippen molar-refractivity contribution in [1.29, 1.82) is 0 Å². The van der Waals surface area contributed by atoms with E-state index in [-0.39, 0.29) is 0 Å². The number of carbonyl (C=O) groups is 1. The van der Waals surface area contributed by atoms with Crippen molar-refractivity contribution in [2.75, 3.05) is 11.9 Å². The Bertz CT molecular complexity index is 564. The van der Waals surface area contributed by atoms with E-state index in [0.717, 1.165) is 23.7 Å². The smallest absolute Gasteiger partial charge is 0.411 e. The average molecular weight is 272 g/mol. The summed E-state index contributed by atoms with van der Waals surface area (Å²) in [5.74, 6) is 0. The SMILES string of the molecule is CCCCCCOC(=O)Nc1cccc2cccnc12. The van der Waals surface area contributed by atoms with E-state index in [2.05, 4.69) is 17.2 Å². The lowest BCUT2D eigenvalue weighted by atomic mass is 10.2. The molecule has 1 aromatic heterocycles. The number of carbonyl (C=O) groups excluding carboxylic acids is 1. The Kier molecular flexibility index (Phi) is 5.35. The molecular formula is C16H20N2O2. The molecule has 0 bridgehead atoms. The quantitative estimate of drug-likeness (QED) is 0.795. The molecule has 2 aromatic rings. The molecule has 2 rings (SSSR count). The minimum atomic E-state index is -0.417. The molecule has 0 radical (unpaired) electrons. The number of nitrogens with one attached hydrogen (secondary N) is 1. The predicted molar refractivity (Wildman–Crippen MR) is 80.9 cm³/mol. The predicted octanol–water partition coefficient (Wildman–Crippen LogP) is 4.36. The summed E-state index contributed by atoms with van der Waals surface area (Å²) in [7, 11) is 0. The first-order valence-corrected chi connectivity index (χ1v) is 7.09. The highest BCUT2D eigenvalue weighted by molar-refractivity contribution is 5.97. The average Bonchev–Trinajstić information content (AvgIpc) is 2.47. The van der Waals surface area contributed by atoms with Crippen molar-refractivity contribution in [2.45, 2.75) is 32.6 Å². The Morgan fingerprint density at radius 3 is 2.90 bits per heavy atom. The fourth-order valence-corrected chi connectivity index (χ4v) is 2.04. The van der Waals surface area contributed by atoms with Crippen LogP contribution >= 0.6 is 0 Å². The van der Waals surface area contributed by atoms with Crippen LogP contribution in [0.2, 0.25) is 0 Å². The maximum atomic E-state index is 11.7. The summed E-state index contributed by atoms with van der Waals surface area (Å²) >= 11 is 0. The normalized spacial score (nSPS) is 10.4. The maximum Gasteiger partial charge on any atom is 0.411 e. The number of unbranched alkanes of at least 4 members (excludes halogenated alkanes) is 3. The highest BCUT2D eigenvalue weighted by Gasteiger charge is 2.06. The van der Waals surface area contributed by atoms with Gasteiger partial charge in [-0.05, 0) is 18.6 Å². The number of ether oxygens (including phenoxy) is 1. The molecule has 1 amide bonds. The largest absolute Gasteiger partial charge is 0.449 e. The van der Waals surface area contributed by atoms with Gasteiger partial charge in [-0.25, -0.2) is 4.79 Å². The highest BCUT2D eigenvalue weighted by Crippen LogP contribution is 2.20. The van der Waals surface area contributed by atoms with Gasteiger partial charge in [-0.1, -0.05) is 44.4 Å². The van der Waals surface area contributed by atoms with Crippen LogP contribution in [0.15, 0.2) is 36.5 Å². The van der Waals surface area contributed by atoms with E-state index in [4.69, 9.17) is 4.74 Å². The summed E-state index contributed by atoms with van der Waals surface area (Å²) in [5, 5.41) is 3.75. The summed E-state index contributed by atoms with van der Waals surface area (Å²) in [6.07, 6.45) is 5.66. The third kappa shape index (κ3) is 3.95. The second-order valence-corrected chi connectivity index (χ2v) is 4.70. The topological polar surface area (TPSA) is 51.2 Å². The zero-order chi connectivity index (χ0) is 14.2. The first-order valence-electron chi connectivity index (χ1n) is 7.09. The van der Waals surface area contributed by atoms with Crippen LogP contribution in [0, 0.1) is 0 Å². The number of fused-ring (bicyclic) bond motifs is 1. The molecule has 106 valence electrons. The molecule has 4 heteroatoms. The Hall–Kier alpha value is -2.10. The van der Waals surface area contributed by atoms with Crippen LogP contribution in [0.3, 0.4) is 0 Å². The minimum absolute atomic E-state index is 0.417. The zero-order valence-corrected chi connectivity index (χ0v) is 11.8. The maximum absolute atomic E-state index is 11.7. The van der Waals surface area contributed by atoms with Crippen molar-refractivity contribution >= 4 is 22.7 Å². The Morgan fingerprint density at radius 2 is 2.05 bits per heavy atom. The van der Waals surface area contributed by atoms with Gasteiger partial charge in [0.1, 0.15) is 0 Å². The minimum Gasteiger partial charge on any atom is -0.449 e. The molecule has 0 aliphatic carbocycles. The van der Waals surface area contributed by atoms with Crippen LogP contribution in [-0.4, -0.2) is 17.7 Å². The van der Waals surface area contributed by atoms with Gasteiger partial charge in [0.25, 0.3) is 0 Å². The standard InChI is InChI=1S/C16H20N2O2/c1-2-3-4-5-12-20-16(19)18-14-10-6-8-13-9-7-11-17-15(13)14/h6-11H,2-5,12H2,1H3,(H,18,19). The van der Waals surface area contributed by atoms with Crippen LogP contribution < -0.4 is 5.32 Å². The van der Waals surface area contributed by atoms with E-state index in [9.17, 15) is 4.79 Å². The van der Waals surface area contributed by atoms with Gasteiger partial charge < -0.3 is 4.74 Å². The number of anilines is 1. The summed E-state index contributed by atoms with van der Waals surface area (Å²) in [5.41, 5.74) is 1.46. The number of hydrogen-bond acceptors (Lipinski definition) is 3. The number of rotatable bonds is 6. The fourth-order valence-electron chi connectivity index (χ4n) is 2.04. The molecular weight excluding hydrogens is 252 g/mol. The van der Waals surface area contributed by atoms with Gasteiger partial charge in [-0.15, -0.1) is 0 Å². The molecule has 0 atom stereocenters. The lowest BCUT2D eigenvalue weighted by Crippen LogP contribution is -2.14. The summed E-state index contributed by atoms with van der Waals surface area (Å²) in [6, 6.07) is 9.51. The van der Waals surface area contributed by atoms with E-state index < -0.39 is 6.09 Å². The summed E-state index contributed by atoms with van der Waals surface area (Å²) < 4.78 is 5.16. The van der Waals surface area contributed by atoms with Gasteiger partial charge in [0, 0.05) is 11.6 Å². The van der Waals surface area contributed by atoms with E-state index in [1.165, 1.54) is 12.8 Å². The van der Waals surface area contributed by atoms with Gasteiger partial charge in [0.05, 0.1) is 17.8 Å². The Labute approximate surface area is 119 Å². The van der Waals surface area contributed by atoms with Crippen molar-refractivity contribution in [3.8, 4) is 0 Å². The second-order valence-electron chi connectivity index (χ2n) is 4.70. The summed E-state index contributed by atoms with van der Waals surface area (Å²) in [4.78, 5) is 16.0. The molecule has 0 spiro atoms. The monoisotopic (exact) mass is 272 g/mol. The molecule has 4 nitrogen and oxygen atoms in total. The number of para-hydroxylation sites is 1. The van der Waals surface area contributed by atoms with Crippen molar-refractivity contribution in [3.63, 3.8) is 0 Å². The Morgan fingerprint density at radius 1 is 1.20 bits per heavy atom. The molecule has 0 unspecified atom stereocenters. The number of aromatic nitrogens is 1. The molecule has 1 N–H and O–H groups in total. The first-order chi connectivity index (χ1) is 9.81. The van der Waals surface area contributed by atoms with E-state index in [1.54, 1.807) is 6.20 Å². The number of amides is 1. The molecule has 0 saturated heterocycles. The fraction of sp³-hybridized carbons (Fsp3) is 0.375. The van der Waals surface area contributed by atoms with Crippen LogP contribution in [0.5, 0.6) is 0 Å². The van der Waals surface area contributed by atoms with Gasteiger partial charge >= 0.3 is 6.09 Å². The molecule has 0 fully saturated rings. The van der Waals surface area contributed by atoms with Gasteiger partial charge in [-0.2, -0.15) is 0 Å². The first kappa shape index (κ1) is 14.3. The van der Waals surface area contributed by atoms with Crippen LogP contribution in [-0.2, 0) is 4.74 Å². The lowest BCUT2D eigenvalue weighted by Gasteiger charge is -2.08. The number of hydrogen-bond donors (Lipinski definition) is 1. The third-order valence-corrected chi connectivity index (χ3v) is 3.10. The van der Waals surface area contributed by atoms with Crippen molar-refractivity contribution in [3.05, 3.63) is 36.5 Å². The number of nitrogens with zero attached hydrogens (tertiary/aromatic N) is 1. The van der Waals surface area contributed by atoms with Crippen LogP contribution in [0.4, 0.5) is 10.5 Å². The molecule has 1 aromatic carbocycles.